The molecule has 0 N–H and O–H groups in total. The highest BCUT2D eigenvalue weighted by atomic mass is 35.5. The maximum atomic E-state index is 13.9. The average Bonchev–Trinajstić information content (AvgIpc) is 3.42. The number of hydrogen-bond donors (Lipinski definition) is 0. The molecule has 3 heterocycles. The van der Waals surface area contributed by atoms with E-state index < -0.39 is 5.82 Å². The van der Waals surface area contributed by atoms with E-state index in [0.717, 1.165) is 23.2 Å². The average molecular weight is 426 g/mol. The SMILES string of the molecule is COc1ncc(-c2cc(C3C[C@@H]3c3ccc(Cl)c(F)c3)c3nccn3n2)c(OC)n1. The fourth-order valence-corrected chi connectivity index (χ4v) is 3.89. The van der Waals surface area contributed by atoms with Crippen molar-refractivity contribution in [3.63, 3.8) is 0 Å². The second kappa shape index (κ2) is 7.21. The molecule has 30 heavy (non-hydrogen) atoms. The molecule has 9 heteroatoms. The Morgan fingerprint density at radius 2 is 2.00 bits per heavy atom. The summed E-state index contributed by atoms with van der Waals surface area (Å²) < 4.78 is 26.2. The van der Waals surface area contributed by atoms with E-state index >= 15 is 0 Å². The van der Waals surface area contributed by atoms with Gasteiger partial charge in [-0.25, -0.2) is 18.9 Å². The van der Waals surface area contributed by atoms with Crippen LogP contribution in [0.25, 0.3) is 16.9 Å². The van der Waals surface area contributed by atoms with Crippen molar-refractivity contribution >= 4 is 17.2 Å². The standard InChI is InChI=1S/C21H17ClFN5O2/c1-29-20-15(10-25-21(26-20)30-2)18-9-14(19-24-5-6-28(19)27-18)13-8-12(13)11-3-4-16(22)17(23)7-11/h3-7,9-10,12-13H,8H2,1-2H3/t12-,13?/m1/s1. The zero-order chi connectivity index (χ0) is 20.8. The summed E-state index contributed by atoms with van der Waals surface area (Å²) in [5.41, 5.74) is 4.03. The number of rotatable bonds is 5. The predicted octanol–water partition coefficient (Wildman–Crippen LogP) is 4.27. The van der Waals surface area contributed by atoms with Crippen LogP contribution in [0.3, 0.4) is 0 Å². The summed E-state index contributed by atoms with van der Waals surface area (Å²) in [4.78, 5) is 12.9. The lowest BCUT2D eigenvalue weighted by Gasteiger charge is -2.10. The molecule has 1 aliphatic carbocycles. The maximum Gasteiger partial charge on any atom is 0.319 e. The number of ether oxygens (including phenoxy) is 2. The molecule has 1 unspecified atom stereocenters. The highest BCUT2D eigenvalue weighted by Gasteiger charge is 2.41. The zero-order valence-electron chi connectivity index (χ0n) is 16.2. The largest absolute Gasteiger partial charge is 0.480 e. The third-order valence-corrected chi connectivity index (χ3v) is 5.64. The van der Waals surface area contributed by atoms with Crippen molar-refractivity contribution in [2.45, 2.75) is 18.3 Å². The lowest BCUT2D eigenvalue weighted by Crippen LogP contribution is -2.02. The van der Waals surface area contributed by atoms with Gasteiger partial charge in [0.25, 0.3) is 0 Å². The van der Waals surface area contributed by atoms with E-state index in [2.05, 4.69) is 20.1 Å². The van der Waals surface area contributed by atoms with Gasteiger partial charge >= 0.3 is 6.01 Å². The Morgan fingerprint density at radius 3 is 2.77 bits per heavy atom. The lowest BCUT2D eigenvalue weighted by molar-refractivity contribution is 0.353. The second-order valence-electron chi connectivity index (χ2n) is 7.08. The fourth-order valence-electron chi connectivity index (χ4n) is 3.78. The molecule has 3 aromatic heterocycles. The maximum absolute atomic E-state index is 13.9. The van der Waals surface area contributed by atoms with Gasteiger partial charge < -0.3 is 9.47 Å². The van der Waals surface area contributed by atoms with Crippen LogP contribution in [0, 0.1) is 5.82 Å². The quantitative estimate of drug-likeness (QED) is 0.475. The van der Waals surface area contributed by atoms with Gasteiger partial charge in [-0.2, -0.15) is 10.1 Å². The van der Waals surface area contributed by atoms with Crippen LogP contribution in [-0.4, -0.2) is 38.8 Å². The highest BCUT2D eigenvalue weighted by Crippen LogP contribution is 2.56. The van der Waals surface area contributed by atoms with Gasteiger partial charge in [0.05, 0.1) is 30.5 Å². The van der Waals surface area contributed by atoms with Crippen LogP contribution >= 0.6 is 11.6 Å². The second-order valence-corrected chi connectivity index (χ2v) is 7.49. The third-order valence-electron chi connectivity index (χ3n) is 5.33. The molecule has 0 bridgehead atoms. The molecule has 1 aliphatic rings. The number of fused-ring (bicyclic) bond motifs is 1. The molecule has 1 saturated carbocycles. The molecule has 0 spiro atoms. The Labute approximate surface area is 176 Å². The molecule has 0 saturated heterocycles. The van der Waals surface area contributed by atoms with E-state index in [1.807, 2.05) is 12.1 Å². The van der Waals surface area contributed by atoms with E-state index in [1.54, 1.807) is 29.2 Å². The molecule has 7 nitrogen and oxygen atoms in total. The van der Waals surface area contributed by atoms with Crippen LogP contribution in [0.1, 0.15) is 29.4 Å². The Morgan fingerprint density at radius 1 is 1.13 bits per heavy atom. The molecule has 152 valence electrons. The minimum absolute atomic E-state index is 0.129. The summed E-state index contributed by atoms with van der Waals surface area (Å²) in [7, 11) is 3.03. The number of hydrogen-bond acceptors (Lipinski definition) is 6. The van der Waals surface area contributed by atoms with Gasteiger partial charge in [0.1, 0.15) is 5.82 Å². The molecular formula is C21H17ClFN5O2. The first-order chi connectivity index (χ1) is 14.6. The first-order valence-corrected chi connectivity index (χ1v) is 9.71. The minimum Gasteiger partial charge on any atom is -0.480 e. The fraction of sp³-hybridized carbons (Fsp3) is 0.238. The lowest BCUT2D eigenvalue weighted by atomic mass is 10.0. The van der Waals surface area contributed by atoms with Gasteiger partial charge in [0, 0.05) is 24.2 Å². The van der Waals surface area contributed by atoms with Crippen molar-refractivity contribution in [2.75, 3.05) is 14.2 Å². The molecule has 4 aromatic rings. The normalized spacial score (nSPS) is 17.9. The van der Waals surface area contributed by atoms with Crippen LogP contribution < -0.4 is 9.47 Å². The molecule has 5 rings (SSSR count). The summed E-state index contributed by atoms with van der Waals surface area (Å²) in [5.74, 6) is 0.358. The number of aromatic nitrogens is 5. The summed E-state index contributed by atoms with van der Waals surface area (Å²) >= 11 is 5.83. The Hall–Kier alpha value is -3.26. The van der Waals surface area contributed by atoms with Crippen molar-refractivity contribution in [3.05, 3.63) is 64.8 Å². The predicted molar refractivity (Wildman–Crippen MR) is 109 cm³/mol. The van der Waals surface area contributed by atoms with Crippen LogP contribution in [-0.2, 0) is 0 Å². The molecule has 1 aromatic carbocycles. The number of imidazole rings is 1. The molecular weight excluding hydrogens is 409 g/mol. The van der Waals surface area contributed by atoms with Gasteiger partial charge in [-0.15, -0.1) is 0 Å². The summed E-state index contributed by atoms with van der Waals surface area (Å²) in [6.45, 7) is 0. The van der Waals surface area contributed by atoms with Crippen LogP contribution in [0.15, 0.2) is 42.9 Å². The van der Waals surface area contributed by atoms with Crippen molar-refractivity contribution in [1.29, 1.82) is 0 Å². The topological polar surface area (TPSA) is 74.4 Å². The summed E-state index contributed by atoms with van der Waals surface area (Å²) in [5, 5.41) is 4.77. The van der Waals surface area contributed by atoms with E-state index in [1.165, 1.54) is 20.3 Å². The molecule has 2 atom stereocenters. The van der Waals surface area contributed by atoms with Gasteiger partial charge in [-0.05, 0) is 42.0 Å². The van der Waals surface area contributed by atoms with E-state index in [0.29, 0.717) is 17.1 Å². The van der Waals surface area contributed by atoms with E-state index in [9.17, 15) is 4.39 Å². The number of halogens is 2. The number of benzene rings is 1. The van der Waals surface area contributed by atoms with Crippen molar-refractivity contribution < 1.29 is 13.9 Å². The van der Waals surface area contributed by atoms with Crippen LogP contribution in [0.2, 0.25) is 5.02 Å². The molecule has 0 radical (unpaired) electrons. The monoisotopic (exact) mass is 425 g/mol. The minimum atomic E-state index is -0.402. The Kier molecular flexibility index (Phi) is 4.51. The van der Waals surface area contributed by atoms with Crippen molar-refractivity contribution in [3.8, 4) is 23.1 Å². The Balaban J connectivity index is 1.57. The van der Waals surface area contributed by atoms with E-state index in [4.69, 9.17) is 21.1 Å². The molecule has 1 fully saturated rings. The first-order valence-electron chi connectivity index (χ1n) is 9.33. The zero-order valence-corrected chi connectivity index (χ0v) is 17.0. The van der Waals surface area contributed by atoms with Crippen LogP contribution in [0.4, 0.5) is 4.39 Å². The first kappa shape index (κ1) is 18.7. The van der Waals surface area contributed by atoms with Crippen molar-refractivity contribution in [1.82, 2.24) is 24.6 Å². The third kappa shape index (κ3) is 3.13. The summed E-state index contributed by atoms with van der Waals surface area (Å²) in [6.07, 6.45) is 6.01. The van der Waals surface area contributed by atoms with Gasteiger partial charge in [-0.3, -0.25) is 0 Å². The molecule has 0 amide bonds. The smallest absolute Gasteiger partial charge is 0.319 e. The number of nitrogens with zero attached hydrogens (tertiary/aromatic N) is 5. The van der Waals surface area contributed by atoms with Gasteiger partial charge in [-0.1, -0.05) is 17.7 Å². The molecule has 0 aliphatic heterocycles. The van der Waals surface area contributed by atoms with Gasteiger partial charge in [0.15, 0.2) is 5.65 Å². The van der Waals surface area contributed by atoms with E-state index in [-0.39, 0.29) is 22.9 Å². The van der Waals surface area contributed by atoms with Gasteiger partial charge in [0.2, 0.25) is 5.88 Å². The van der Waals surface area contributed by atoms with Crippen molar-refractivity contribution in [2.24, 2.45) is 0 Å². The summed E-state index contributed by atoms with van der Waals surface area (Å²) in [6, 6.07) is 7.18. The Bertz CT molecular complexity index is 1260. The van der Waals surface area contributed by atoms with Crippen LogP contribution in [0.5, 0.6) is 11.9 Å². The number of methoxy groups -OCH3 is 2. The highest BCUT2D eigenvalue weighted by molar-refractivity contribution is 6.30.